The third-order valence-electron chi connectivity index (χ3n) is 2.58. The first-order valence-corrected chi connectivity index (χ1v) is 5.31. The lowest BCUT2D eigenvalue weighted by atomic mass is 10.2. The monoisotopic (exact) mass is 280 g/mol. The number of imidazole rings is 1. The molecule has 104 valence electrons. The number of nitrogen functional groups attached to an aromatic ring is 1. The first-order valence-electron chi connectivity index (χ1n) is 5.31. The molecule has 2 N–H and O–H groups in total. The summed E-state index contributed by atoms with van der Waals surface area (Å²) >= 11 is 0. The van der Waals surface area contributed by atoms with Gasteiger partial charge in [0.15, 0.2) is 5.69 Å². The summed E-state index contributed by atoms with van der Waals surface area (Å²) in [7, 11) is 1.15. The molecule has 0 spiro atoms. The van der Waals surface area contributed by atoms with Gasteiger partial charge >= 0.3 is 5.97 Å². The highest BCUT2D eigenvalue weighted by molar-refractivity contribution is 5.92. The van der Waals surface area contributed by atoms with Crippen LogP contribution in [0.4, 0.5) is 15.9 Å². The van der Waals surface area contributed by atoms with Gasteiger partial charge in [-0.3, -0.25) is 14.7 Å². The number of non-ortho nitro benzene ring substituents is 1. The Bertz CT molecular complexity index is 698. The molecule has 0 bridgehead atoms. The molecule has 9 heteroatoms. The van der Waals surface area contributed by atoms with Crippen molar-refractivity contribution in [1.29, 1.82) is 0 Å². The second-order valence-corrected chi connectivity index (χ2v) is 3.73. The average Bonchev–Trinajstić information content (AvgIpc) is 2.80. The van der Waals surface area contributed by atoms with Crippen LogP contribution in [0.25, 0.3) is 5.69 Å². The molecule has 1 aromatic heterocycles. The lowest BCUT2D eigenvalue weighted by molar-refractivity contribution is -0.384. The van der Waals surface area contributed by atoms with Crippen molar-refractivity contribution in [2.75, 3.05) is 12.8 Å². The van der Waals surface area contributed by atoms with Crippen molar-refractivity contribution in [3.8, 4) is 5.69 Å². The van der Waals surface area contributed by atoms with Crippen molar-refractivity contribution in [3.05, 3.63) is 46.2 Å². The van der Waals surface area contributed by atoms with Gasteiger partial charge in [0.1, 0.15) is 18.0 Å². The predicted molar refractivity (Wildman–Crippen MR) is 65.9 cm³/mol. The number of nitro groups is 1. The number of halogens is 1. The van der Waals surface area contributed by atoms with E-state index in [4.69, 9.17) is 5.73 Å². The zero-order valence-electron chi connectivity index (χ0n) is 10.2. The Morgan fingerprint density at radius 3 is 2.85 bits per heavy atom. The van der Waals surface area contributed by atoms with Crippen LogP contribution in [0.2, 0.25) is 0 Å². The smallest absolute Gasteiger partial charge is 0.360 e. The third kappa shape index (κ3) is 2.16. The summed E-state index contributed by atoms with van der Waals surface area (Å²) in [5.74, 6) is -1.69. The van der Waals surface area contributed by atoms with E-state index in [0.717, 1.165) is 36.2 Å². The molecule has 20 heavy (non-hydrogen) atoms. The van der Waals surface area contributed by atoms with Crippen LogP contribution < -0.4 is 5.73 Å². The van der Waals surface area contributed by atoms with Crippen molar-refractivity contribution in [2.45, 2.75) is 0 Å². The van der Waals surface area contributed by atoms with Crippen LogP contribution in [0.1, 0.15) is 10.5 Å². The molecular formula is C11H9FN4O4. The number of anilines is 1. The number of methoxy groups -OCH3 is 1. The maximum absolute atomic E-state index is 13.7. The maximum Gasteiger partial charge on any atom is 0.360 e. The van der Waals surface area contributed by atoms with E-state index in [1.54, 1.807) is 0 Å². The first-order chi connectivity index (χ1) is 9.45. The van der Waals surface area contributed by atoms with E-state index in [-0.39, 0.29) is 22.9 Å². The summed E-state index contributed by atoms with van der Waals surface area (Å²) in [5.41, 5.74) is 4.98. The molecule has 0 radical (unpaired) electrons. The fourth-order valence-corrected chi connectivity index (χ4v) is 1.60. The van der Waals surface area contributed by atoms with Gasteiger partial charge in [-0.25, -0.2) is 14.2 Å². The molecule has 0 atom stereocenters. The SMILES string of the molecule is COC(=O)c1ncn(-c2cc([N+](=O)[O-])ccc2F)c1N. The van der Waals surface area contributed by atoms with Crippen LogP contribution in [0.15, 0.2) is 24.5 Å². The van der Waals surface area contributed by atoms with Crippen molar-refractivity contribution >= 4 is 17.5 Å². The van der Waals surface area contributed by atoms with Crippen LogP contribution >= 0.6 is 0 Å². The lowest BCUT2D eigenvalue weighted by Gasteiger charge is -2.06. The summed E-state index contributed by atoms with van der Waals surface area (Å²) in [6.45, 7) is 0. The second-order valence-electron chi connectivity index (χ2n) is 3.73. The molecule has 2 rings (SSSR count). The molecule has 2 aromatic rings. The van der Waals surface area contributed by atoms with E-state index in [0.29, 0.717) is 0 Å². The van der Waals surface area contributed by atoms with Crippen molar-refractivity contribution in [1.82, 2.24) is 9.55 Å². The third-order valence-corrected chi connectivity index (χ3v) is 2.58. The van der Waals surface area contributed by atoms with Gasteiger partial charge < -0.3 is 10.5 Å². The summed E-state index contributed by atoms with van der Waals surface area (Å²) in [6.07, 6.45) is 1.09. The van der Waals surface area contributed by atoms with Crippen LogP contribution in [0.3, 0.4) is 0 Å². The highest BCUT2D eigenvalue weighted by Crippen LogP contribution is 2.24. The predicted octanol–water partition coefficient (Wildman–Crippen LogP) is 1.29. The minimum absolute atomic E-state index is 0.170. The molecule has 1 heterocycles. The van der Waals surface area contributed by atoms with Gasteiger partial charge in [-0.05, 0) is 6.07 Å². The Morgan fingerprint density at radius 1 is 1.55 bits per heavy atom. The minimum Gasteiger partial charge on any atom is -0.464 e. The van der Waals surface area contributed by atoms with Gasteiger partial charge in [0, 0.05) is 12.1 Å². The Kier molecular flexibility index (Phi) is 3.34. The normalized spacial score (nSPS) is 10.3. The van der Waals surface area contributed by atoms with Crippen molar-refractivity contribution in [2.24, 2.45) is 0 Å². The molecule has 0 saturated carbocycles. The number of ether oxygens (including phenoxy) is 1. The van der Waals surface area contributed by atoms with Gasteiger partial charge in [0.25, 0.3) is 5.69 Å². The number of carbonyl (C=O) groups is 1. The van der Waals surface area contributed by atoms with E-state index < -0.39 is 16.7 Å². The molecule has 0 saturated heterocycles. The van der Waals surface area contributed by atoms with Gasteiger partial charge in [0.2, 0.25) is 0 Å². The molecule has 0 aliphatic heterocycles. The van der Waals surface area contributed by atoms with Crippen molar-refractivity contribution in [3.63, 3.8) is 0 Å². The standard InChI is InChI=1S/C11H9FN4O4/c1-20-11(17)9-10(13)15(5-14-9)8-4-6(16(18)19)2-3-7(8)12/h2-5H,13H2,1H3. The van der Waals surface area contributed by atoms with E-state index in [2.05, 4.69) is 9.72 Å². The van der Waals surface area contributed by atoms with E-state index in [9.17, 15) is 19.3 Å². The number of rotatable bonds is 3. The molecule has 0 aliphatic carbocycles. The molecule has 0 fully saturated rings. The topological polar surface area (TPSA) is 113 Å². The van der Waals surface area contributed by atoms with Gasteiger partial charge in [-0.1, -0.05) is 0 Å². The molecule has 8 nitrogen and oxygen atoms in total. The molecule has 0 amide bonds. The van der Waals surface area contributed by atoms with Crippen LogP contribution in [-0.4, -0.2) is 27.6 Å². The molecule has 0 unspecified atom stereocenters. The molecule has 0 aliphatic rings. The van der Waals surface area contributed by atoms with Crippen molar-refractivity contribution < 1.29 is 18.8 Å². The number of benzene rings is 1. The summed E-state index contributed by atoms with van der Waals surface area (Å²) < 4.78 is 19.2. The molecule has 1 aromatic carbocycles. The lowest BCUT2D eigenvalue weighted by Crippen LogP contribution is -2.08. The quantitative estimate of drug-likeness (QED) is 0.514. The number of nitro benzene ring substituents is 1. The minimum atomic E-state index is -0.785. The van der Waals surface area contributed by atoms with Crippen LogP contribution in [-0.2, 0) is 4.74 Å². The summed E-state index contributed by atoms with van der Waals surface area (Å²) in [5, 5.41) is 10.7. The van der Waals surface area contributed by atoms with Gasteiger partial charge in [-0.15, -0.1) is 0 Å². The zero-order chi connectivity index (χ0) is 14.9. The number of hydrogen-bond donors (Lipinski definition) is 1. The number of esters is 1. The average molecular weight is 280 g/mol. The van der Waals surface area contributed by atoms with Gasteiger partial charge in [-0.2, -0.15) is 0 Å². The van der Waals surface area contributed by atoms with Crippen LogP contribution in [0.5, 0.6) is 0 Å². The van der Waals surface area contributed by atoms with E-state index in [1.807, 2.05) is 0 Å². The van der Waals surface area contributed by atoms with Crippen LogP contribution in [0, 0.1) is 15.9 Å². The fraction of sp³-hybridized carbons (Fsp3) is 0.0909. The first kappa shape index (κ1) is 13.5. The van der Waals surface area contributed by atoms with E-state index >= 15 is 0 Å². The number of carbonyl (C=O) groups excluding carboxylic acids is 1. The number of aromatic nitrogens is 2. The zero-order valence-corrected chi connectivity index (χ0v) is 10.2. The largest absolute Gasteiger partial charge is 0.464 e. The Labute approximate surface area is 111 Å². The number of hydrogen-bond acceptors (Lipinski definition) is 6. The number of nitrogens with two attached hydrogens (primary N) is 1. The second kappa shape index (κ2) is 4.96. The fourth-order valence-electron chi connectivity index (χ4n) is 1.60. The van der Waals surface area contributed by atoms with E-state index in [1.165, 1.54) is 0 Å². The Hall–Kier alpha value is -2.97. The number of nitrogens with zero attached hydrogens (tertiary/aromatic N) is 3. The maximum atomic E-state index is 13.7. The summed E-state index contributed by atoms with van der Waals surface area (Å²) in [4.78, 5) is 25.1. The van der Waals surface area contributed by atoms with Gasteiger partial charge in [0.05, 0.1) is 17.7 Å². The molecular weight excluding hydrogens is 271 g/mol. The highest BCUT2D eigenvalue weighted by atomic mass is 19.1. The highest BCUT2D eigenvalue weighted by Gasteiger charge is 2.20. The Balaban J connectivity index is 2.57. The summed E-state index contributed by atoms with van der Waals surface area (Å²) in [6, 6.07) is 2.95. The Morgan fingerprint density at radius 2 is 2.25 bits per heavy atom.